The van der Waals surface area contributed by atoms with E-state index in [-0.39, 0.29) is 23.8 Å². The molecule has 144 valence electrons. The molecule has 0 aromatic heterocycles. The highest BCUT2D eigenvalue weighted by Gasteiger charge is 2.61. The number of ether oxygens (including phenoxy) is 1. The highest BCUT2D eigenvalue weighted by Crippen LogP contribution is 2.54. The summed E-state index contributed by atoms with van der Waals surface area (Å²) in [5.41, 5.74) is 1.47. The first-order valence-electron chi connectivity index (χ1n) is 9.97. The second-order valence-electron chi connectivity index (χ2n) is 8.59. The van der Waals surface area contributed by atoms with Crippen molar-refractivity contribution in [3.05, 3.63) is 29.8 Å². The molecule has 6 atom stereocenters. The predicted molar refractivity (Wildman–Crippen MR) is 99.1 cm³/mol. The Kier molecular flexibility index (Phi) is 3.85. The summed E-state index contributed by atoms with van der Waals surface area (Å²) in [4.78, 5) is 28.0. The number of benzene rings is 1. The van der Waals surface area contributed by atoms with Gasteiger partial charge in [0, 0.05) is 18.3 Å². The Morgan fingerprint density at radius 2 is 2.15 bits per heavy atom. The third-order valence-electron chi connectivity index (χ3n) is 7.62. The molecule has 1 aromatic carbocycles. The molecule has 1 aliphatic carbocycles. The largest absolute Gasteiger partial charge is 0.469 e. The van der Waals surface area contributed by atoms with Gasteiger partial charge in [0.25, 0.3) is 0 Å². The number of esters is 1. The number of nitrogens with zero attached hydrogens (tertiary/aromatic N) is 1. The molecule has 2 N–H and O–H groups in total. The van der Waals surface area contributed by atoms with Gasteiger partial charge >= 0.3 is 5.97 Å². The van der Waals surface area contributed by atoms with E-state index >= 15 is 0 Å². The molecule has 0 unspecified atom stereocenters. The molecule has 6 heteroatoms. The number of aliphatic hydroxyl groups is 1. The van der Waals surface area contributed by atoms with Crippen LogP contribution in [0.3, 0.4) is 0 Å². The molecule has 6 nitrogen and oxygen atoms in total. The maximum atomic E-state index is 13.1. The van der Waals surface area contributed by atoms with Crippen molar-refractivity contribution in [3.63, 3.8) is 0 Å². The van der Waals surface area contributed by atoms with Crippen LogP contribution in [0.25, 0.3) is 0 Å². The van der Waals surface area contributed by atoms with Gasteiger partial charge in [0.2, 0.25) is 5.91 Å². The van der Waals surface area contributed by atoms with E-state index in [2.05, 4.69) is 16.3 Å². The van der Waals surface area contributed by atoms with Crippen LogP contribution < -0.4 is 5.32 Å². The third-order valence-corrected chi connectivity index (χ3v) is 7.62. The van der Waals surface area contributed by atoms with Crippen LogP contribution in [0.4, 0.5) is 5.69 Å². The summed E-state index contributed by atoms with van der Waals surface area (Å²) in [5.74, 6) is -0.260. The van der Waals surface area contributed by atoms with Crippen molar-refractivity contribution in [2.75, 3.05) is 25.5 Å². The Labute approximate surface area is 158 Å². The van der Waals surface area contributed by atoms with E-state index in [0.717, 1.165) is 43.6 Å². The maximum Gasteiger partial charge on any atom is 0.311 e. The Balaban J connectivity index is 1.53. The first kappa shape index (κ1) is 17.2. The van der Waals surface area contributed by atoms with Gasteiger partial charge < -0.3 is 15.2 Å². The van der Waals surface area contributed by atoms with E-state index in [1.165, 1.54) is 7.11 Å². The lowest BCUT2D eigenvalue weighted by Crippen LogP contribution is -2.57. The summed E-state index contributed by atoms with van der Waals surface area (Å²) < 4.78 is 5.02. The van der Waals surface area contributed by atoms with Crippen molar-refractivity contribution in [1.29, 1.82) is 0 Å². The molecule has 0 bridgehead atoms. The number of hydrogen-bond acceptors (Lipinski definition) is 5. The zero-order chi connectivity index (χ0) is 18.8. The topological polar surface area (TPSA) is 78.9 Å². The number of piperidine rings is 1. The number of hydrogen-bond donors (Lipinski definition) is 2. The van der Waals surface area contributed by atoms with E-state index in [1.54, 1.807) is 0 Å². The Morgan fingerprint density at radius 3 is 2.96 bits per heavy atom. The van der Waals surface area contributed by atoms with Gasteiger partial charge in [0.05, 0.1) is 24.5 Å². The fourth-order valence-electron chi connectivity index (χ4n) is 6.39. The lowest BCUT2D eigenvalue weighted by atomic mass is 9.62. The molecule has 27 heavy (non-hydrogen) atoms. The quantitative estimate of drug-likeness (QED) is 0.733. The molecule has 4 aliphatic rings. The average Bonchev–Trinajstić information content (AvgIpc) is 3.19. The van der Waals surface area contributed by atoms with Crippen LogP contribution >= 0.6 is 0 Å². The van der Waals surface area contributed by atoms with Gasteiger partial charge in [-0.25, -0.2) is 0 Å². The SMILES string of the molecule is COC(=O)[C@@H]1[C@H]2C[C@@H]3N(CC[C@]34C(=O)Nc3ccccc34)C[C@@H]2CC[C@@H]1O. The zero-order valence-corrected chi connectivity index (χ0v) is 15.6. The van der Waals surface area contributed by atoms with Crippen molar-refractivity contribution in [1.82, 2.24) is 4.90 Å². The lowest BCUT2D eigenvalue weighted by molar-refractivity contribution is -0.159. The van der Waals surface area contributed by atoms with Gasteiger partial charge in [0.1, 0.15) is 0 Å². The fourth-order valence-corrected chi connectivity index (χ4v) is 6.39. The van der Waals surface area contributed by atoms with Crippen LogP contribution in [0, 0.1) is 17.8 Å². The number of rotatable bonds is 1. The van der Waals surface area contributed by atoms with Crippen molar-refractivity contribution < 1.29 is 19.4 Å². The summed E-state index contributed by atoms with van der Waals surface area (Å²) in [6, 6.07) is 8.05. The van der Waals surface area contributed by atoms with Crippen molar-refractivity contribution in [2.24, 2.45) is 17.8 Å². The average molecular weight is 370 g/mol. The van der Waals surface area contributed by atoms with E-state index in [0.29, 0.717) is 12.3 Å². The van der Waals surface area contributed by atoms with Crippen molar-refractivity contribution >= 4 is 17.6 Å². The number of carbonyl (C=O) groups excluding carboxylic acids is 2. The number of para-hydroxylation sites is 1. The maximum absolute atomic E-state index is 13.1. The summed E-state index contributed by atoms with van der Waals surface area (Å²) in [6.07, 6.45) is 2.49. The van der Waals surface area contributed by atoms with E-state index in [4.69, 9.17) is 4.74 Å². The van der Waals surface area contributed by atoms with Crippen molar-refractivity contribution in [2.45, 2.75) is 43.2 Å². The molecular weight excluding hydrogens is 344 g/mol. The van der Waals surface area contributed by atoms with Crippen LogP contribution in [-0.2, 0) is 19.7 Å². The van der Waals surface area contributed by atoms with Gasteiger partial charge in [-0.1, -0.05) is 18.2 Å². The number of anilines is 1. The van der Waals surface area contributed by atoms with Gasteiger partial charge in [-0.15, -0.1) is 0 Å². The van der Waals surface area contributed by atoms with Gasteiger partial charge in [-0.2, -0.15) is 0 Å². The molecule has 3 heterocycles. The molecule has 1 saturated carbocycles. The van der Waals surface area contributed by atoms with Gasteiger partial charge in [0.15, 0.2) is 0 Å². The van der Waals surface area contributed by atoms with E-state index in [9.17, 15) is 14.7 Å². The molecule has 1 aromatic rings. The monoisotopic (exact) mass is 370 g/mol. The Hall–Kier alpha value is -1.92. The van der Waals surface area contributed by atoms with Crippen LogP contribution in [0.1, 0.15) is 31.2 Å². The normalized spacial score (nSPS) is 40.2. The van der Waals surface area contributed by atoms with Crippen molar-refractivity contribution in [3.8, 4) is 0 Å². The van der Waals surface area contributed by atoms with Crippen LogP contribution in [-0.4, -0.2) is 54.2 Å². The number of carbonyl (C=O) groups is 2. The molecule has 3 aliphatic heterocycles. The summed E-state index contributed by atoms with van der Waals surface area (Å²) in [7, 11) is 1.39. The molecular formula is C21H26N2O4. The number of fused-ring (bicyclic) bond motifs is 5. The van der Waals surface area contributed by atoms with Gasteiger partial charge in [-0.3, -0.25) is 14.5 Å². The molecule has 0 radical (unpaired) electrons. The number of aliphatic hydroxyl groups excluding tert-OH is 1. The van der Waals surface area contributed by atoms with Crippen LogP contribution in [0.2, 0.25) is 0 Å². The number of amides is 1. The third kappa shape index (κ3) is 2.26. The number of methoxy groups -OCH3 is 1. The van der Waals surface area contributed by atoms with E-state index < -0.39 is 17.4 Å². The summed E-state index contributed by atoms with van der Waals surface area (Å²) in [6.45, 7) is 1.80. The fraction of sp³-hybridized carbons (Fsp3) is 0.619. The smallest absolute Gasteiger partial charge is 0.311 e. The second-order valence-corrected chi connectivity index (χ2v) is 8.59. The standard InChI is InChI=1S/C21H26N2O4/c1-27-19(25)18-13-10-17-21(14-4-2-3-5-15(14)22-20(21)26)8-9-23(17)11-12(13)6-7-16(18)24/h2-5,12-13,16-18,24H,6-11H2,1H3,(H,22,26)/t12-,13-,16-,17-,18+,21+/m0/s1. The van der Waals surface area contributed by atoms with E-state index in [1.807, 2.05) is 18.2 Å². The number of nitrogens with one attached hydrogen (secondary N) is 1. The highest BCUT2D eigenvalue weighted by atomic mass is 16.5. The summed E-state index contributed by atoms with van der Waals surface area (Å²) in [5, 5.41) is 13.6. The molecule has 5 rings (SSSR count). The Bertz CT molecular complexity index is 796. The lowest BCUT2D eigenvalue weighted by Gasteiger charge is -2.49. The predicted octanol–water partition coefficient (Wildman–Crippen LogP) is 1.53. The molecule has 1 spiro atoms. The summed E-state index contributed by atoms with van der Waals surface area (Å²) >= 11 is 0. The first-order chi connectivity index (χ1) is 13.1. The molecule has 2 saturated heterocycles. The minimum Gasteiger partial charge on any atom is -0.469 e. The van der Waals surface area contributed by atoms with Crippen LogP contribution in [0.5, 0.6) is 0 Å². The molecule has 1 amide bonds. The minimum absolute atomic E-state index is 0.0676. The zero-order valence-electron chi connectivity index (χ0n) is 15.6. The van der Waals surface area contributed by atoms with Gasteiger partial charge in [-0.05, 0) is 55.7 Å². The first-order valence-corrected chi connectivity index (χ1v) is 9.97. The highest BCUT2D eigenvalue weighted by molar-refractivity contribution is 6.07. The Morgan fingerprint density at radius 1 is 1.33 bits per heavy atom. The van der Waals surface area contributed by atoms with Crippen LogP contribution in [0.15, 0.2) is 24.3 Å². The molecule has 3 fully saturated rings. The second kappa shape index (κ2) is 6.04. The minimum atomic E-state index is -0.646.